The average molecular weight is 200 g/mol. The van der Waals surface area contributed by atoms with Crippen LogP contribution in [0.4, 0.5) is 0 Å². The Balaban J connectivity index is 0.000000249. The van der Waals surface area contributed by atoms with E-state index in [0.717, 1.165) is 19.3 Å². The summed E-state index contributed by atoms with van der Waals surface area (Å²) in [5.74, 6) is -0.701. The van der Waals surface area contributed by atoms with Gasteiger partial charge in [-0.15, -0.1) is 0 Å². The molecule has 0 atom stereocenters. The van der Waals surface area contributed by atoms with E-state index < -0.39 is 5.97 Å². The molecule has 0 unspecified atom stereocenters. The van der Waals surface area contributed by atoms with Crippen LogP contribution in [-0.2, 0) is 9.59 Å². The van der Waals surface area contributed by atoms with Crippen LogP contribution in [0.3, 0.4) is 0 Å². The molecule has 0 saturated heterocycles. The minimum atomic E-state index is -0.682. The lowest BCUT2D eigenvalue weighted by molar-refractivity contribution is -0.137. The first-order valence-electron chi connectivity index (χ1n) is 4.66. The highest BCUT2D eigenvalue weighted by atomic mass is 16.4. The number of nitrogens with one attached hydrogen (secondary N) is 1. The zero-order valence-electron chi connectivity index (χ0n) is 8.32. The Morgan fingerprint density at radius 3 is 2.64 bits per heavy atom. The average Bonchev–Trinajstić information content (AvgIpc) is 2.57. The second-order valence-corrected chi connectivity index (χ2v) is 2.89. The largest absolute Gasteiger partial charge is 0.481 e. The van der Waals surface area contributed by atoms with E-state index in [4.69, 9.17) is 5.11 Å². The van der Waals surface area contributed by atoms with Crippen LogP contribution in [0.15, 0.2) is 4.99 Å². The Bertz CT molecular complexity index is 204. The zero-order valence-corrected chi connectivity index (χ0v) is 8.32. The van der Waals surface area contributed by atoms with Crippen LogP contribution in [0.25, 0.3) is 0 Å². The maximum absolute atomic E-state index is 10.0. The van der Waals surface area contributed by atoms with Gasteiger partial charge in [0.1, 0.15) is 6.54 Å². The first kappa shape index (κ1) is 12.6. The fraction of sp³-hybridized carbons (Fsp3) is 0.667. The molecule has 1 heterocycles. The summed E-state index contributed by atoms with van der Waals surface area (Å²) >= 11 is 0. The molecule has 0 fully saturated rings. The van der Waals surface area contributed by atoms with Crippen LogP contribution in [-0.4, -0.2) is 29.9 Å². The van der Waals surface area contributed by atoms with Gasteiger partial charge in [0.2, 0.25) is 5.91 Å². The molecule has 0 bridgehead atoms. The molecule has 0 aromatic heterocycles. The fourth-order valence-electron chi connectivity index (χ4n) is 0.818. The monoisotopic (exact) mass is 200 g/mol. The van der Waals surface area contributed by atoms with Gasteiger partial charge in [0.05, 0.1) is 6.34 Å². The Morgan fingerprint density at radius 1 is 1.64 bits per heavy atom. The Morgan fingerprint density at radius 2 is 2.36 bits per heavy atom. The lowest BCUT2D eigenvalue weighted by Gasteiger charge is -1.89. The number of rotatable bonds is 4. The summed E-state index contributed by atoms with van der Waals surface area (Å²) in [6.07, 6.45) is 4.68. The molecule has 1 aliphatic heterocycles. The van der Waals surface area contributed by atoms with Crippen molar-refractivity contribution >= 4 is 18.2 Å². The lowest BCUT2D eigenvalue weighted by atomic mass is 10.2. The number of carboxylic acids is 1. The van der Waals surface area contributed by atoms with E-state index in [0.29, 0.717) is 13.0 Å². The molecule has 0 radical (unpaired) electrons. The van der Waals surface area contributed by atoms with Crippen LogP contribution >= 0.6 is 0 Å². The molecule has 80 valence electrons. The van der Waals surface area contributed by atoms with Crippen molar-refractivity contribution in [3.8, 4) is 0 Å². The topological polar surface area (TPSA) is 78.8 Å². The highest BCUT2D eigenvalue weighted by molar-refractivity contribution is 5.93. The maximum Gasteiger partial charge on any atom is 0.303 e. The summed E-state index contributed by atoms with van der Waals surface area (Å²) in [6, 6.07) is 0. The second kappa shape index (κ2) is 8.22. The van der Waals surface area contributed by atoms with Gasteiger partial charge in [0, 0.05) is 6.42 Å². The number of carbonyl (C=O) groups is 2. The zero-order chi connectivity index (χ0) is 10.8. The van der Waals surface area contributed by atoms with E-state index >= 15 is 0 Å². The van der Waals surface area contributed by atoms with E-state index in [2.05, 4.69) is 17.2 Å². The number of hydrogen-bond donors (Lipinski definition) is 2. The molecule has 0 saturated carbocycles. The highest BCUT2D eigenvalue weighted by Crippen LogP contribution is 1.97. The van der Waals surface area contributed by atoms with Crippen LogP contribution in [0.2, 0.25) is 0 Å². The highest BCUT2D eigenvalue weighted by Gasteiger charge is 1.98. The first-order valence-corrected chi connectivity index (χ1v) is 4.66. The van der Waals surface area contributed by atoms with Crippen LogP contribution in [0, 0.1) is 0 Å². The number of hydrogen-bond acceptors (Lipinski definition) is 3. The molecule has 0 spiro atoms. The lowest BCUT2D eigenvalue weighted by Crippen LogP contribution is -2.15. The molecule has 0 aromatic carbocycles. The van der Waals surface area contributed by atoms with Crippen molar-refractivity contribution in [3.05, 3.63) is 0 Å². The Hall–Kier alpha value is -1.39. The van der Waals surface area contributed by atoms with Gasteiger partial charge in [0.15, 0.2) is 0 Å². The Kier molecular flexibility index (Phi) is 7.40. The minimum Gasteiger partial charge on any atom is -0.481 e. The molecule has 14 heavy (non-hydrogen) atoms. The molecule has 0 aliphatic carbocycles. The number of amides is 1. The maximum atomic E-state index is 10.0. The quantitative estimate of drug-likeness (QED) is 0.659. The molecule has 1 rings (SSSR count). The van der Waals surface area contributed by atoms with Gasteiger partial charge in [-0.25, -0.2) is 0 Å². The standard InChI is InChI=1S/C6H12O2.C3H4N2O/c1-2-3-4-5-6(7)8;6-3-1-4-2-5-3/h2-5H2,1H3,(H,7,8);2H,1H2,(H,4,5,6). The van der Waals surface area contributed by atoms with E-state index in [-0.39, 0.29) is 5.91 Å². The number of nitrogens with zero attached hydrogens (tertiary/aromatic N) is 1. The third-order valence-electron chi connectivity index (χ3n) is 1.55. The van der Waals surface area contributed by atoms with E-state index in [1.165, 1.54) is 6.34 Å². The molecular weight excluding hydrogens is 184 g/mol. The summed E-state index contributed by atoms with van der Waals surface area (Å²) in [5.41, 5.74) is 0. The van der Waals surface area contributed by atoms with Crippen molar-refractivity contribution in [3.63, 3.8) is 0 Å². The molecule has 5 heteroatoms. The van der Waals surface area contributed by atoms with Crippen LogP contribution in [0.1, 0.15) is 32.6 Å². The van der Waals surface area contributed by atoms with Crippen molar-refractivity contribution in [2.24, 2.45) is 4.99 Å². The van der Waals surface area contributed by atoms with Crippen LogP contribution in [0.5, 0.6) is 0 Å². The van der Waals surface area contributed by atoms with Crippen molar-refractivity contribution in [1.82, 2.24) is 5.32 Å². The summed E-state index contributed by atoms with van der Waals surface area (Å²) in [6.45, 7) is 2.36. The van der Waals surface area contributed by atoms with Gasteiger partial charge in [-0.05, 0) is 6.42 Å². The number of aliphatic imine (C=N–C) groups is 1. The summed E-state index contributed by atoms with van der Waals surface area (Å²) in [5, 5.41) is 10.5. The van der Waals surface area contributed by atoms with E-state index in [1.54, 1.807) is 0 Å². The summed E-state index contributed by atoms with van der Waals surface area (Å²) < 4.78 is 0. The minimum absolute atomic E-state index is 0.0185. The molecular formula is C9H16N2O3. The summed E-state index contributed by atoms with van der Waals surface area (Å²) in [7, 11) is 0. The van der Waals surface area contributed by atoms with Crippen LogP contribution < -0.4 is 5.32 Å². The van der Waals surface area contributed by atoms with Gasteiger partial charge in [-0.1, -0.05) is 19.8 Å². The predicted octanol–water partition coefficient (Wildman–Crippen LogP) is 0.796. The molecule has 5 nitrogen and oxygen atoms in total. The number of carbonyl (C=O) groups excluding carboxylic acids is 1. The second-order valence-electron chi connectivity index (χ2n) is 2.89. The first-order chi connectivity index (χ1) is 6.66. The predicted molar refractivity (Wildman–Crippen MR) is 53.3 cm³/mol. The molecule has 1 aliphatic rings. The van der Waals surface area contributed by atoms with Gasteiger partial charge >= 0.3 is 5.97 Å². The van der Waals surface area contributed by atoms with Crippen molar-refractivity contribution in [2.75, 3.05) is 6.54 Å². The van der Waals surface area contributed by atoms with Crippen molar-refractivity contribution < 1.29 is 14.7 Å². The van der Waals surface area contributed by atoms with Gasteiger partial charge in [-0.3, -0.25) is 14.6 Å². The molecule has 0 aromatic rings. The normalized spacial score (nSPS) is 13.1. The van der Waals surface area contributed by atoms with E-state index in [9.17, 15) is 9.59 Å². The van der Waals surface area contributed by atoms with Gasteiger partial charge < -0.3 is 10.4 Å². The Labute approximate surface area is 83.2 Å². The fourth-order valence-corrected chi connectivity index (χ4v) is 0.818. The third kappa shape index (κ3) is 8.70. The van der Waals surface area contributed by atoms with E-state index in [1.807, 2.05) is 0 Å². The van der Waals surface area contributed by atoms with Crippen molar-refractivity contribution in [1.29, 1.82) is 0 Å². The van der Waals surface area contributed by atoms with Gasteiger partial charge in [0.25, 0.3) is 0 Å². The smallest absolute Gasteiger partial charge is 0.303 e. The van der Waals surface area contributed by atoms with Gasteiger partial charge in [-0.2, -0.15) is 0 Å². The number of unbranched alkanes of at least 4 members (excludes halogenated alkanes) is 2. The van der Waals surface area contributed by atoms with Crippen molar-refractivity contribution in [2.45, 2.75) is 32.6 Å². The summed E-state index contributed by atoms with van der Waals surface area (Å²) in [4.78, 5) is 23.5. The molecule has 2 N–H and O–H groups in total. The number of carboxylic acid groups (broad SMARTS) is 1. The third-order valence-corrected chi connectivity index (χ3v) is 1.55. The number of aliphatic carboxylic acids is 1. The molecule has 1 amide bonds. The SMILES string of the molecule is CCCCCC(=O)O.O=C1CN=CN1.